The minimum Gasteiger partial charge on any atom is -0.375 e. The molecule has 14 heavy (non-hydrogen) atoms. The number of likely N-dealkylation sites (tertiary alicyclic amines) is 1. The van der Waals surface area contributed by atoms with Crippen LogP contribution in [0.1, 0.15) is 33.6 Å². The third-order valence-electron chi connectivity index (χ3n) is 2.52. The van der Waals surface area contributed by atoms with E-state index >= 15 is 0 Å². The van der Waals surface area contributed by atoms with Crippen LogP contribution in [0.15, 0.2) is 23.5 Å². The van der Waals surface area contributed by atoms with Crippen molar-refractivity contribution < 1.29 is 4.74 Å². The molecule has 1 atom stereocenters. The van der Waals surface area contributed by atoms with Crippen molar-refractivity contribution in [2.45, 2.75) is 39.7 Å². The Morgan fingerprint density at radius 1 is 1.43 bits per heavy atom. The van der Waals surface area contributed by atoms with Gasteiger partial charge in [0, 0.05) is 31.5 Å². The Labute approximate surface area is 87.2 Å². The monoisotopic (exact) mass is 195 g/mol. The summed E-state index contributed by atoms with van der Waals surface area (Å²) in [4.78, 5) is 2.25. The highest BCUT2D eigenvalue weighted by Crippen LogP contribution is 2.31. The molecule has 0 aliphatic carbocycles. The second-order valence-corrected chi connectivity index (χ2v) is 3.66. The predicted molar refractivity (Wildman–Crippen MR) is 59.9 cm³/mol. The van der Waals surface area contributed by atoms with Crippen molar-refractivity contribution in [3.63, 3.8) is 0 Å². The van der Waals surface area contributed by atoms with E-state index in [0.29, 0.717) is 0 Å². The first-order valence-electron chi connectivity index (χ1n) is 5.44. The van der Waals surface area contributed by atoms with Crippen LogP contribution in [0.25, 0.3) is 0 Å². The quantitative estimate of drug-likeness (QED) is 0.684. The van der Waals surface area contributed by atoms with Gasteiger partial charge >= 0.3 is 0 Å². The molecule has 0 bridgehead atoms. The molecule has 0 spiro atoms. The van der Waals surface area contributed by atoms with E-state index in [4.69, 9.17) is 4.74 Å². The van der Waals surface area contributed by atoms with E-state index in [1.165, 1.54) is 11.4 Å². The fourth-order valence-corrected chi connectivity index (χ4v) is 1.71. The zero-order chi connectivity index (χ0) is 10.6. The zero-order valence-electron chi connectivity index (χ0n) is 9.71. The van der Waals surface area contributed by atoms with Gasteiger partial charge in [0.15, 0.2) is 0 Å². The minimum absolute atomic E-state index is 0.237. The molecule has 1 aliphatic heterocycles. The fraction of sp³-hybridized carbons (Fsp3) is 0.667. The second kappa shape index (κ2) is 5.20. The van der Waals surface area contributed by atoms with Crippen molar-refractivity contribution in [2.24, 2.45) is 0 Å². The number of hydrogen-bond donors (Lipinski definition) is 0. The second-order valence-electron chi connectivity index (χ2n) is 3.66. The molecule has 0 aromatic heterocycles. The maximum Gasteiger partial charge on any atom is 0.0747 e. The topological polar surface area (TPSA) is 12.5 Å². The molecule has 1 saturated heterocycles. The van der Waals surface area contributed by atoms with E-state index in [1.807, 2.05) is 6.92 Å². The van der Waals surface area contributed by atoms with E-state index < -0.39 is 0 Å². The number of rotatable bonds is 4. The van der Waals surface area contributed by atoms with Crippen LogP contribution in [-0.4, -0.2) is 24.7 Å². The molecule has 1 fully saturated rings. The average molecular weight is 195 g/mol. The van der Waals surface area contributed by atoms with Crippen molar-refractivity contribution >= 4 is 0 Å². The van der Waals surface area contributed by atoms with Gasteiger partial charge in [-0.05, 0) is 26.3 Å². The first kappa shape index (κ1) is 11.3. The van der Waals surface area contributed by atoms with E-state index in [1.54, 1.807) is 0 Å². The van der Waals surface area contributed by atoms with Crippen LogP contribution < -0.4 is 0 Å². The Bertz CT molecular complexity index is 243. The maximum atomic E-state index is 5.47. The SMILES string of the molecule is CC/C=C1\C/C(=C\C(C)OCC)N1C. The molecule has 0 amide bonds. The maximum absolute atomic E-state index is 5.47. The highest BCUT2D eigenvalue weighted by molar-refractivity contribution is 5.28. The van der Waals surface area contributed by atoms with Crippen LogP contribution >= 0.6 is 0 Å². The molecule has 0 aromatic carbocycles. The summed E-state index contributed by atoms with van der Waals surface area (Å²) >= 11 is 0. The fourth-order valence-electron chi connectivity index (χ4n) is 1.71. The lowest BCUT2D eigenvalue weighted by Crippen LogP contribution is -2.29. The number of hydrogen-bond acceptors (Lipinski definition) is 2. The van der Waals surface area contributed by atoms with Crippen molar-refractivity contribution in [3.05, 3.63) is 23.5 Å². The summed E-state index contributed by atoms with van der Waals surface area (Å²) in [5.74, 6) is 0. The smallest absolute Gasteiger partial charge is 0.0747 e. The molecule has 1 unspecified atom stereocenters. The molecule has 1 aliphatic rings. The molecular weight excluding hydrogens is 174 g/mol. The molecule has 0 radical (unpaired) electrons. The minimum atomic E-state index is 0.237. The normalized spacial score (nSPS) is 24.1. The first-order valence-corrected chi connectivity index (χ1v) is 5.44. The van der Waals surface area contributed by atoms with Crippen LogP contribution in [0, 0.1) is 0 Å². The zero-order valence-corrected chi connectivity index (χ0v) is 9.71. The Morgan fingerprint density at radius 2 is 2.14 bits per heavy atom. The summed E-state index contributed by atoms with van der Waals surface area (Å²) in [6, 6.07) is 0. The molecule has 0 aromatic rings. The Kier molecular flexibility index (Phi) is 4.21. The largest absolute Gasteiger partial charge is 0.375 e. The van der Waals surface area contributed by atoms with Crippen molar-refractivity contribution in [3.8, 4) is 0 Å². The van der Waals surface area contributed by atoms with Gasteiger partial charge in [0.25, 0.3) is 0 Å². The Hall–Kier alpha value is -0.760. The van der Waals surface area contributed by atoms with Crippen molar-refractivity contribution in [1.29, 1.82) is 0 Å². The van der Waals surface area contributed by atoms with E-state index in [0.717, 1.165) is 19.4 Å². The molecule has 2 nitrogen and oxygen atoms in total. The molecular formula is C12H21NO. The van der Waals surface area contributed by atoms with Gasteiger partial charge in [0.1, 0.15) is 0 Å². The van der Waals surface area contributed by atoms with Gasteiger partial charge in [-0.15, -0.1) is 0 Å². The predicted octanol–water partition coefficient (Wildman–Crippen LogP) is 2.92. The Morgan fingerprint density at radius 3 is 2.64 bits per heavy atom. The summed E-state index contributed by atoms with van der Waals surface area (Å²) in [6.45, 7) is 7.07. The first-order chi connectivity index (χ1) is 6.69. The lowest BCUT2D eigenvalue weighted by Gasteiger charge is -2.37. The molecule has 1 heterocycles. The van der Waals surface area contributed by atoms with E-state index in [9.17, 15) is 0 Å². The highest BCUT2D eigenvalue weighted by atomic mass is 16.5. The van der Waals surface area contributed by atoms with Crippen molar-refractivity contribution in [2.75, 3.05) is 13.7 Å². The van der Waals surface area contributed by atoms with Gasteiger partial charge in [-0.1, -0.05) is 13.0 Å². The van der Waals surface area contributed by atoms with Gasteiger partial charge < -0.3 is 9.64 Å². The summed E-state index contributed by atoms with van der Waals surface area (Å²) in [5.41, 5.74) is 2.81. The number of nitrogens with zero attached hydrogens (tertiary/aromatic N) is 1. The van der Waals surface area contributed by atoms with Gasteiger partial charge in [0.05, 0.1) is 6.10 Å². The summed E-state index contributed by atoms with van der Waals surface area (Å²) in [5, 5.41) is 0. The third-order valence-corrected chi connectivity index (χ3v) is 2.52. The van der Waals surface area contributed by atoms with Gasteiger partial charge in [-0.2, -0.15) is 0 Å². The Balaban J connectivity index is 2.47. The van der Waals surface area contributed by atoms with E-state index in [2.05, 4.69) is 37.9 Å². The molecule has 2 heteroatoms. The highest BCUT2D eigenvalue weighted by Gasteiger charge is 2.22. The van der Waals surface area contributed by atoms with Crippen LogP contribution in [0.3, 0.4) is 0 Å². The standard InChI is InChI=1S/C12H21NO/c1-5-7-11-9-12(13(11)4)8-10(3)14-6-2/h7-8,10H,5-6,9H2,1-4H3/b11-7+,12-8+. The van der Waals surface area contributed by atoms with Crippen molar-refractivity contribution in [1.82, 2.24) is 4.90 Å². The lowest BCUT2D eigenvalue weighted by molar-refractivity contribution is 0.107. The van der Waals surface area contributed by atoms with Gasteiger partial charge in [-0.25, -0.2) is 0 Å². The molecule has 1 rings (SSSR count). The molecule has 80 valence electrons. The van der Waals surface area contributed by atoms with E-state index in [-0.39, 0.29) is 6.10 Å². The number of ether oxygens (including phenoxy) is 1. The lowest BCUT2D eigenvalue weighted by atomic mass is 10.0. The third kappa shape index (κ3) is 2.61. The average Bonchev–Trinajstić information content (AvgIpc) is 2.16. The van der Waals surface area contributed by atoms with Crippen LogP contribution in [-0.2, 0) is 4.74 Å². The van der Waals surface area contributed by atoms with Crippen LogP contribution in [0.4, 0.5) is 0 Å². The van der Waals surface area contributed by atoms with Gasteiger partial charge in [0.2, 0.25) is 0 Å². The molecule has 0 saturated carbocycles. The van der Waals surface area contributed by atoms with Crippen LogP contribution in [0.2, 0.25) is 0 Å². The van der Waals surface area contributed by atoms with Crippen LogP contribution in [0.5, 0.6) is 0 Å². The summed E-state index contributed by atoms with van der Waals surface area (Å²) < 4.78 is 5.47. The summed E-state index contributed by atoms with van der Waals surface area (Å²) in [7, 11) is 2.12. The molecule has 0 N–H and O–H groups in total. The summed E-state index contributed by atoms with van der Waals surface area (Å²) in [6.07, 6.45) is 6.94. The van der Waals surface area contributed by atoms with Gasteiger partial charge in [-0.3, -0.25) is 0 Å². The number of allylic oxidation sites excluding steroid dienone is 1.